The summed E-state index contributed by atoms with van der Waals surface area (Å²) >= 11 is 0. The Morgan fingerprint density at radius 2 is 1.23 bits per heavy atom. The van der Waals surface area contributed by atoms with Gasteiger partial charge in [-0.25, -0.2) is 8.78 Å². The van der Waals surface area contributed by atoms with Crippen LogP contribution in [0.15, 0.2) is 12.1 Å². The minimum Gasteiger partial charge on any atom is -0.206 e. The average Bonchev–Trinajstić information content (AvgIpc) is 2.72. The molecule has 1 aromatic carbocycles. The molecule has 0 spiro atoms. The Hall–Kier alpha value is -1.57. The first-order valence-electron chi connectivity index (χ1n) is 11.8. The standard InChI is InChI=1S/C26H33F5/c1-2-3-18-4-6-19(7-5-18)8-9-20-10-12-21(13-11-20)22-16-24(27)23(25(28)17-22)14-15-26(29,30)31/h16-21H,2-13H2,1H3. The second-order valence-corrected chi connectivity index (χ2v) is 9.58. The van der Waals surface area contributed by atoms with Crippen molar-refractivity contribution >= 4 is 0 Å². The van der Waals surface area contributed by atoms with E-state index in [-0.39, 0.29) is 5.92 Å². The summed E-state index contributed by atoms with van der Waals surface area (Å²) in [7, 11) is 0. The number of halogens is 5. The van der Waals surface area contributed by atoms with Crippen LogP contribution in [0.3, 0.4) is 0 Å². The zero-order chi connectivity index (χ0) is 22.4. The Labute approximate surface area is 183 Å². The summed E-state index contributed by atoms with van der Waals surface area (Å²) in [6.07, 6.45) is 9.76. The lowest BCUT2D eigenvalue weighted by molar-refractivity contribution is -0.0696. The van der Waals surface area contributed by atoms with Crippen molar-refractivity contribution < 1.29 is 22.0 Å². The third-order valence-electron chi connectivity index (χ3n) is 7.36. The Morgan fingerprint density at radius 1 is 0.774 bits per heavy atom. The van der Waals surface area contributed by atoms with Crippen LogP contribution in [0, 0.1) is 41.2 Å². The molecule has 1 aromatic rings. The summed E-state index contributed by atoms with van der Waals surface area (Å²) < 4.78 is 65.1. The zero-order valence-corrected chi connectivity index (χ0v) is 18.3. The third kappa shape index (κ3) is 7.22. The summed E-state index contributed by atoms with van der Waals surface area (Å²) in [4.78, 5) is 0. The highest BCUT2D eigenvalue weighted by molar-refractivity contribution is 5.40. The van der Waals surface area contributed by atoms with Crippen molar-refractivity contribution in [2.24, 2.45) is 17.8 Å². The smallest absolute Gasteiger partial charge is 0.206 e. The van der Waals surface area contributed by atoms with Crippen LogP contribution in [0.4, 0.5) is 22.0 Å². The maximum atomic E-state index is 14.2. The maximum Gasteiger partial charge on any atom is 0.458 e. The summed E-state index contributed by atoms with van der Waals surface area (Å²) in [6.45, 7) is 2.27. The molecular formula is C26H33F5. The fraction of sp³-hybridized carbons (Fsp3) is 0.692. The van der Waals surface area contributed by atoms with E-state index in [1.54, 1.807) is 5.92 Å². The topological polar surface area (TPSA) is 0 Å². The molecule has 0 unspecified atom stereocenters. The molecular weight excluding hydrogens is 407 g/mol. The van der Waals surface area contributed by atoms with Gasteiger partial charge >= 0.3 is 6.18 Å². The molecule has 0 aromatic heterocycles. The van der Waals surface area contributed by atoms with Crippen LogP contribution in [0.5, 0.6) is 0 Å². The molecule has 172 valence electrons. The molecule has 0 atom stereocenters. The van der Waals surface area contributed by atoms with E-state index in [0.717, 1.165) is 43.4 Å². The molecule has 0 amide bonds. The van der Waals surface area contributed by atoms with Crippen molar-refractivity contribution in [1.29, 1.82) is 0 Å². The van der Waals surface area contributed by atoms with E-state index >= 15 is 0 Å². The molecule has 31 heavy (non-hydrogen) atoms. The normalized spacial score (nSPS) is 26.9. The van der Waals surface area contributed by atoms with E-state index in [9.17, 15) is 22.0 Å². The van der Waals surface area contributed by atoms with Gasteiger partial charge < -0.3 is 0 Å². The van der Waals surface area contributed by atoms with Crippen molar-refractivity contribution in [2.75, 3.05) is 0 Å². The van der Waals surface area contributed by atoms with Gasteiger partial charge in [0.1, 0.15) is 11.6 Å². The van der Waals surface area contributed by atoms with Gasteiger partial charge in [0.2, 0.25) is 0 Å². The van der Waals surface area contributed by atoms with Crippen molar-refractivity contribution in [3.05, 3.63) is 34.9 Å². The van der Waals surface area contributed by atoms with Gasteiger partial charge in [0.15, 0.2) is 0 Å². The summed E-state index contributed by atoms with van der Waals surface area (Å²) in [5.41, 5.74) is -0.260. The summed E-state index contributed by atoms with van der Waals surface area (Å²) in [5, 5.41) is 0. The fourth-order valence-corrected chi connectivity index (χ4v) is 5.55. The van der Waals surface area contributed by atoms with Crippen LogP contribution in [0.25, 0.3) is 0 Å². The summed E-state index contributed by atoms with van der Waals surface area (Å²) in [5.74, 6) is 3.06. The lowest BCUT2D eigenvalue weighted by Gasteiger charge is -2.32. The van der Waals surface area contributed by atoms with E-state index < -0.39 is 23.4 Å². The van der Waals surface area contributed by atoms with E-state index in [4.69, 9.17) is 0 Å². The lowest BCUT2D eigenvalue weighted by Crippen LogP contribution is -2.18. The summed E-state index contributed by atoms with van der Waals surface area (Å²) in [6, 6.07) is 2.34. The minimum absolute atomic E-state index is 0.0642. The molecule has 0 aliphatic heterocycles. The van der Waals surface area contributed by atoms with E-state index in [1.807, 2.05) is 0 Å². The van der Waals surface area contributed by atoms with Gasteiger partial charge in [-0.05, 0) is 67.1 Å². The Bertz CT molecular complexity index is 746. The highest BCUT2D eigenvalue weighted by Crippen LogP contribution is 2.40. The first-order valence-corrected chi connectivity index (χ1v) is 11.8. The van der Waals surface area contributed by atoms with Gasteiger partial charge in [-0.3, -0.25) is 0 Å². The van der Waals surface area contributed by atoms with Crippen LogP contribution in [-0.2, 0) is 0 Å². The van der Waals surface area contributed by atoms with Crippen LogP contribution in [0.2, 0.25) is 0 Å². The largest absolute Gasteiger partial charge is 0.458 e. The molecule has 2 fully saturated rings. The number of rotatable bonds is 6. The van der Waals surface area contributed by atoms with E-state index in [2.05, 4.69) is 6.92 Å². The number of hydrogen-bond acceptors (Lipinski definition) is 0. The van der Waals surface area contributed by atoms with Crippen molar-refractivity contribution in [1.82, 2.24) is 0 Å². The van der Waals surface area contributed by atoms with E-state index in [1.165, 1.54) is 63.5 Å². The molecule has 0 N–H and O–H groups in total. The number of benzene rings is 1. The molecule has 2 aliphatic rings. The van der Waals surface area contributed by atoms with Gasteiger partial charge in [0, 0.05) is 5.92 Å². The highest BCUT2D eigenvalue weighted by atomic mass is 19.4. The van der Waals surface area contributed by atoms with Gasteiger partial charge in [-0.2, -0.15) is 13.2 Å². The Kier molecular flexibility index (Phi) is 8.42. The molecule has 2 aliphatic carbocycles. The first-order chi connectivity index (χ1) is 14.7. The van der Waals surface area contributed by atoms with Crippen LogP contribution in [0.1, 0.15) is 101 Å². The van der Waals surface area contributed by atoms with Gasteiger partial charge in [-0.15, -0.1) is 0 Å². The maximum absolute atomic E-state index is 14.2. The predicted molar refractivity (Wildman–Crippen MR) is 114 cm³/mol. The van der Waals surface area contributed by atoms with Gasteiger partial charge in [0.05, 0.1) is 5.56 Å². The molecule has 0 bridgehead atoms. The minimum atomic E-state index is -4.77. The Morgan fingerprint density at radius 3 is 1.68 bits per heavy atom. The molecule has 0 nitrogen and oxygen atoms in total. The SMILES string of the molecule is CCCC1CCC(CCC2CCC(c3cc(F)c(C#CC(F)(F)F)c(F)c3)CC2)CC1. The van der Waals surface area contributed by atoms with Gasteiger partial charge in [0.25, 0.3) is 0 Å². The zero-order valence-electron chi connectivity index (χ0n) is 18.3. The Balaban J connectivity index is 1.48. The van der Waals surface area contributed by atoms with E-state index in [0.29, 0.717) is 11.5 Å². The molecule has 3 rings (SSSR count). The second-order valence-electron chi connectivity index (χ2n) is 9.58. The quantitative estimate of drug-likeness (QED) is 0.307. The molecule has 2 saturated carbocycles. The monoisotopic (exact) mass is 440 g/mol. The van der Waals surface area contributed by atoms with Crippen LogP contribution in [-0.4, -0.2) is 6.18 Å². The average molecular weight is 441 g/mol. The number of alkyl halides is 3. The second kappa shape index (κ2) is 10.8. The van der Waals surface area contributed by atoms with Crippen molar-refractivity contribution in [3.63, 3.8) is 0 Å². The molecule has 0 radical (unpaired) electrons. The molecule has 0 heterocycles. The third-order valence-corrected chi connectivity index (χ3v) is 7.36. The fourth-order valence-electron chi connectivity index (χ4n) is 5.55. The predicted octanol–water partition coefficient (Wildman–Crippen LogP) is 8.54. The molecule has 0 saturated heterocycles. The van der Waals surface area contributed by atoms with Crippen molar-refractivity contribution in [3.8, 4) is 11.8 Å². The van der Waals surface area contributed by atoms with Crippen LogP contribution >= 0.6 is 0 Å². The number of hydrogen-bond donors (Lipinski definition) is 0. The molecule has 5 heteroatoms. The highest BCUT2D eigenvalue weighted by Gasteiger charge is 2.27. The van der Waals surface area contributed by atoms with Crippen molar-refractivity contribution in [2.45, 2.75) is 96.1 Å². The van der Waals surface area contributed by atoms with Gasteiger partial charge in [-0.1, -0.05) is 64.2 Å². The lowest BCUT2D eigenvalue weighted by atomic mass is 9.74. The first kappa shape index (κ1) is 24.1. The van der Waals surface area contributed by atoms with Crippen LogP contribution < -0.4 is 0 Å².